The Morgan fingerprint density at radius 2 is 1.44 bits per heavy atom. The van der Waals surface area contributed by atoms with Crippen LogP contribution in [-0.4, -0.2) is 43.9 Å². The van der Waals surface area contributed by atoms with Gasteiger partial charge >= 0.3 is 0 Å². The maximum absolute atomic E-state index is 12.9. The van der Waals surface area contributed by atoms with Crippen molar-refractivity contribution in [3.05, 3.63) is 58.7 Å². The van der Waals surface area contributed by atoms with E-state index < -0.39 is 15.9 Å². The van der Waals surface area contributed by atoms with E-state index in [2.05, 4.69) is 10.6 Å². The largest absolute Gasteiger partial charge is 0.388 e. The van der Waals surface area contributed by atoms with E-state index in [1.165, 1.54) is 0 Å². The third kappa shape index (κ3) is 3.13. The van der Waals surface area contributed by atoms with Gasteiger partial charge in [0.05, 0.1) is 16.9 Å². The maximum atomic E-state index is 12.9. The summed E-state index contributed by atoms with van der Waals surface area (Å²) in [5.74, 6) is -1.08. The first-order valence-electron chi connectivity index (χ1n) is 7.55. The summed E-state index contributed by atoms with van der Waals surface area (Å²) in [6.07, 6.45) is 0. The van der Waals surface area contributed by atoms with Gasteiger partial charge in [0.25, 0.3) is 10.1 Å². The van der Waals surface area contributed by atoms with Crippen LogP contribution in [0.4, 0.5) is 11.4 Å². The SMILES string of the molecule is CNc1ccc(NCCS(=O)(=O)O)c2c1C(=O)c1ccccc1C2=O. The van der Waals surface area contributed by atoms with Crippen LogP contribution in [-0.2, 0) is 10.1 Å². The molecule has 0 aliphatic heterocycles. The summed E-state index contributed by atoms with van der Waals surface area (Å²) in [6.45, 7) is -0.0900. The summed E-state index contributed by atoms with van der Waals surface area (Å²) in [4.78, 5) is 25.8. The Labute approximate surface area is 144 Å². The average Bonchev–Trinajstić information content (AvgIpc) is 2.58. The molecule has 8 heteroatoms. The van der Waals surface area contributed by atoms with E-state index in [0.29, 0.717) is 22.5 Å². The molecule has 0 saturated heterocycles. The second-order valence-electron chi connectivity index (χ2n) is 5.58. The van der Waals surface area contributed by atoms with E-state index in [-0.39, 0.29) is 29.2 Å². The number of hydrogen-bond acceptors (Lipinski definition) is 6. The van der Waals surface area contributed by atoms with E-state index in [1.807, 2.05) is 0 Å². The molecule has 0 atom stereocenters. The highest BCUT2D eigenvalue weighted by Gasteiger charge is 2.33. The zero-order valence-electron chi connectivity index (χ0n) is 13.4. The molecule has 0 heterocycles. The average molecular weight is 360 g/mol. The summed E-state index contributed by atoms with van der Waals surface area (Å²) in [5.41, 5.74) is 1.97. The van der Waals surface area contributed by atoms with Crippen LogP contribution < -0.4 is 10.6 Å². The quantitative estimate of drug-likeness (QED) is 0.595. The van der Waals surface area contributed by atoms with Gasteiger partial charge in [-0.2, -0.15) is 8.42 Å². The van der Waals surface area contributed by atoms with Gasteiger partial charge in [-0.15, -0.1) is 0 Å². The van der Waals surface area contributed by atoms with Gasteiger partial charge in [-0.1, -0.05) is 24.3 Å². The number of fused-ring (bicyclic) bond motifs is 2. The topological polar surface area (TPSA) is 113 Å². The fourth-order valence-corrected chi connectivity index (χ4v) is 3.25. The van der Waals surface area contributed by atoms with Crippen molar-refractivity contribution in [3.8, 4) is 0 Å². The second-order valence-corrected chi connectivity index (χ2v) is 7.15. The third-order valence-corrected chi connectivity index (χ3v) is 4.74. The zero-order chi connectivity index (χ0) is 18.2. The van der Waals surface area contributed by atoms with Crippen molar-refractivity contribution in [3.63, 3.8) is 0 Å². The molecule has 3 N–H and O–H groups in total. The number of hydrogen-bond donors (Lipinski definition) is 3. The van der Waals surface area contributed by atoms with Crippen molar-refractivity contribution < 1.29 is 22.6 Å². The van der Waals surface area contributed by atoms with Crippen LogP contribution >= 0.6 is 0 Å². The molecule has 0 spiro atoms. The van der Waals surface area contributed by atoms with Crippen molar-refractivity contribution in [1.82, 2.24) is 0 Å². The van der Waals surface area contributed by atoms with Gasteiger partial charge in [0.2, 0.25) is 0 Å². The molecule has 2 aromatic rings. The number of ketones is 2. The fraction of sp³-hybridized carbons (Fsp3) is 0.176. The molecule has 0 saturated carbocycles. The summed E-state index contributed by atoms with van der Waals surface area (Å²) in [6, 6.07) is 9.83. The van der Waals surface area contributed by atoms with E-state index >= 15 is 0 Å². The molecule has 0 unspecified atom stereocenters. The molecule has 2 aromatic carbocycles. The Balaban J connectivity index is 2.10. The summed E-state index contributed by atoms with van der Waals surface area (Å²) in [5, 5.41) is 5.73. The van der Waals surface area contributed by atoms with Crippen molar-refractivity contribution in [1.29, 1.82) is 0 Å². The number of rotatable bonds is 5. The number of anilines is 2. The Morgan fingerprint density at radius 1 is 0.920 bits per heavy atom. The van der Waals surface area contributed by atoms with Crippen LogP contribution in [0.15, 0.2) is 36.4 Å². The minimum absolute atomic E-state index is 0.0900. The van der Waals surface area contributed by atoms with Crippen LogP contribution in [0, 0.1) is 0 Å². The number of benzene rings is 2. The lowest BCUT2D eigenvalue weighted by molar-refractivity contribution is 0.0980. The van der Waals surface area contributed by atoms with Gasteiger partial charge in [-0.25, -0.2) is 0 Å². The normalized spacial score (nSPS) is 13.2. The highest BCUT2D eigenvalue weighted by atomic mass is 32.2. The van der Waals surface area contributed by atoms with Gasteiger partial charge in [-0.05, 0) is 12.1 Å². The lowest BCUT2D eigenvalue weighted by Gasteiger charge is -2.23. The molecule has 0 radical (unpaired) electrons. The smallest absolute Gasteiger partial charge is 0.266 e. The Bertz CT molecular complexity index is 983. The number of carbonyl (C=O) groups is 2. The molecule has 0 aromatic heterocycles. The summed E-state index contributed by atoms with van der Waals surface area (Å²) < 4.78 is 30.6. The van der Waals surface area contributed by atoms with Gasteiger partial charge in [-0.3, -0.25) is 14.1 Å². The van der Waals surface area contributed by atoms with E-state index in [9.17, 15) is 18.0 Å². The molecule has 0 amide bonds. The zero-order valence-corrected chi connectivity index (χ0v) is 14.2. The molecule has 130 valence electrons. The standard InChI is InChI=1S/C17H16N2O5S/c1-18-12-6-7-13(19-8-9-25(22,23)24)15-14(12)16(20)10-4-2-3-5-11(10)17(15)21/h2-7,18-19H,8-9H2,1H3,(H,22,23,24). The molecule has 3 rings (SSSR count). The molecular weight excluding hydrogens is 344 g/mol. The van der Waals surface area contributed by atoms with Crippen LogP contribution in [0.2, 0.25) is 0 Å². The third-order valence-electron chi connectivity index (χ3n) is 4.02. The Morgan fingerprint density at radius 3 is 1.96 bits per heavy atom. The van der Waals surface area contributed by atoms with Crippen molar-refractivity contribution in [2.24, 2.45) is 0 Å². The van der Waals surface area contributed by atoms with Gasteiger partial charge in [0.1, 0.15) is 0 Å². The predicted octanol–water partition coefficient (Wildman–Crippen LogP) is 1.80. The van der Waals surface area contributed by atoms with Gasteiger partial charge in [0.15, 0.2) is 11.6 Å². The second kappa shape index (κ2) is 6.30. The van der Waals surface area contributed by atoms with Crippen LogP contribution in [0.3, 0.4) is 0 Å². The van der Waals surface area contributed by atoms with Gasteiger partial charge < -0.3 is 10.6 Å². The van der Waals surface area contributed by atoms with Crippen LogP contribution in [0.5, 0.6) is 0 Å². The Hall–Kier alpha value is -2.71. The molecular formula is C17H16N2O5S. The van der Waals surface area contributed by atoms with E-state index in [0.717, 1.165) is 0 Å². The molecule has 7 nitrogen and oxygen atoms in total. The monoisotopic (exact) mass is 360 g/mol. The number of carbonyl (C=O) groups excluding carboxylic acids is 2. The minimum atomic E-state index is -4.13. The first kappa shape index (κ1) is 17.1. The minimum Gasteiger partial charge on any atom is -0.388 e. The fourth-order valence-electron chi connectivity index (χ4n) is 2.89. The van der Waals surface area contributed by atoms with Crippen LogP contribution in [0.25, 0.3) is 0 Å². The highest BCUT2D eigenvalue weighted by Crippen LogP contribution is 2.36. The highest BCUT2D eigenvalue weighted by molar-refractivity contribution is 7.85. The molecule has 25 heavy (non-hydrogen) atoms. The molecule has 0 bridgehead atoms. The maximum Gasteiger partial charge on any atom is 0.266 e. The lowest BCUT2D eigenvalue weighted by atomic mass is 9.82. The van der Waals surface area contributed by atoms with Crippen molar-refractivity contribution in [2.45, 2.75) is 0 Å². The molecule has 0 fully saturated rings. The van der Waals surface area contributed by atoms with Crippen molar-refractivity contribution in [2.75, 3.05) is 30.0 Å². The first-order chi connectivity index (χ1) is 11.8. The first-order valence-corrected chi connectivity index (χ1v) is 9.16. The van der Waals surface area contributed by atoms with Crippen molar-refractivity contribution >= 4 is 33.1 Å². The van der Waals surface area contributed by atoms with Crippen LogP contribution in [0.1, 0.15) is 31.8 Å². The van der Waals surface area contributed by atoms with E-state index in [1.54, 1.807) is 43.4 Å². The lowest BCUT2D eigenvalue weighted by Crippen LogP contribution is -2.25. The predicted molar refractivity (Wildman–Crippen MR) is 94.2 cm³/mol. The molecule has 1 aliphatic carbocycles. The van der Waals surface area contributed by atoms with E-state index in [4.69, 9.17) is 4.55 Å². The molecule has 1 aliphatic rings. The Kier molecular flexibility index (Phi) is 4.32. The van der Waals surface area contributed by atoms with Gasteiger partial charge in [0, 0.05) is 36.1 Å². The summed E-state index contributed by atoms with van der Waals surface area (Å²) >= 11 is 0. The summed E-state index contributed by atoms with van der Waals surface area (Å²) in [7, 11) is -2.48. The number of nitrogens with one attached hydrogen (secondary N) is 2.